The molecule has 0 aliphatic rings. The van der Waals surface area contributed by atoms with Gasteiger partial charge in [0.2, 0.25) is 0 Å². The van der Waals surface area contributed by atoms with Crippen molar-refractivity contribution in [2.75, 3.05) is 6.54 Å². The Balaban J connectivity index is 1.70. The molecule has 2 aromatic carbocycles. The van der Waals surface area contributed by atoms with Crippen molar-refractivity contribution in [3.8, 4) is 0 Å². The number of carboxylic acids is 1. The minimum atomic E-state index is -0.968. The smallest absolute Gasteiger partial charge is 0.335 e. The second kappa shape index (κ2) is 8.19. The van der Waals surface area contributed by atoms with E-state index in [9.17, 15) is 9.59 Å². The first-order valence-corrected chi connectivity index (χ1v) is 7.51. The van der Waals surface area contributed by atoms with E-state index in [2.05, 4.69) is 10.6 Å². The number of benzene rings is 2. The number of urea groups is 1. The molecule has 6 heteroatoms. The Morgan fingerprint density at radius 2 is 1.52 bits per heavy atom. The molecule has 0 radical (unpaired) electrons. The summed E-state index contributed by atoms with van der Waals surface area (Å²) in [5, 5.41) is 15.0. The van der Waals surface area contributed by atoms with Gasteiger partial charge in [0.05, 0.1) is 5.56 Å². The number of rotatable bonds is 6. The lowest BCUT2D eigenvalue weighted by atomic mass is 10.1. The molecule has 0 aliphatic heterocycles. The van der Waals surface area contributed by atoms with Crippen molar-refractivity contribution in [3.05, 3.63) is 70.2 Å². The lowest BCUT2D eigenvalue weighted by Crippen LogP contribution is -2.36. The summed E-state index contributed by atoms with van der Waals surface area (Å²) in [5.74, 6) is -0.968. The fourth-order valence-corrected chi connectivity index (χ4v) is 2.11. The number of hydrogen-bond donors (Lipinski definition) is 3. The Labute approximate surface area is 139 Å². The monoisotopic (exact) mass is 332 g/mol. The summed E-state index contributed by atoms with van der Waals surface area (Å²) in [6.45, 7) is 0.859. The maximum atomic E-state index is 11.7. The molecule has 0 saturated heterocycles. The molecule has 0 atom stereocenters. The van der Waals surface area contributed by atoms with Gasteiger partial charge >= 0.3 is 12.0 Å². The topological polar surface area (TPSA) is 78.4 Å². The summed E-state index contributed by atoms with van der Waals surface area (Å²) in [5.41, 5.74) is 2.16. The third kappa shape index (κ3) is 5.64. The summed E-state index contributed by atoms with van der Waals surface area (Å²) in [6, 6.07) is 13.6. The van der Waals surface area contributed by atoms with Crippen molar-refractivity contribution in [3.63, 3.8) is 0 Å². The fourth-order valence-electron chi connectivity index (χ4n) is 1.98. The Hall–Kier alpha value is -2.53. The van der Waals surface area contributed by atoms with Gasteiger partial charge < -0.3 is 15.7 Å². The Kier molecular flexibility index (Phi) is 6.00. The van der Waals surface area contributed by atoms with E-state index in [4.69, 9.17) is 16.7 Å². The molecule has 0 saturated carbocycles. The van der Waals surface area contributed by atoms with Crippen molar-refractivity contribution in [1.82, 2.24) is 10.6 Å². The Morgan fingerprint density at radius 1 is 0.913 bits per heavy atom. The lowest BCUT2D eigenvalue weighted by Gasteiger charge is -2.08. The number of nitrogens with one attached hydrogen (secondary N) is 2. The first-order valence-electron chi connectivity index (χ1n) is 7.13. The largest absolute Gasteiger partial charge is 0.478 e. The molecule has 120 valence electrons. The van der Waals surface area contributed by atoms with Gasteiger partial charge in [0.15, 0.2) is 0 Å². The van der Waals surface area contributed by atoms with Gasteiger partial charge in [0.1, 0.15) is 0 Å². The minimum Gasteiger partial charge on any atom is -0.478 e. The number of aromatic carboxylic acids is 1. The second-order valence-corrected chi connectivity index (χ2v) is 5.42. The van der Waals surface area contributed by atoms with Crippen LogP contribution in [0.5, 0.6) is 0 Å². The zero-order valence-corrected chi connectivity index (χ0v) is 13.1. The van der Waals surface area contributed by atoms with E-state index in [1.807, 2.05) is 24.3 Å². The van der Waals surface area contributed by atoms with Gasteiger partial charge in [-0.1, -0.05) is 35.9 Å². The number of carboxylic acid groups (broad SMARTS) is 1. The molecule has 2 amide bonds. The zero-order chi connectivity index (χ0) is 16.7. The number of amides is 2. The Morgan fingerprint density at radius 3 is 2.13 bits per heavy atom. The molecule has 0 spiro atoms. The van der Waals surface area contributed by atoms with E-state index in [-0.39, 0.29) is 11.6 Å². The van der Waals surface area contributed by atoms with Crippen LogP contribution in [-0.2, 0) is 13.0 Å². The van der Waals surface area contributed by atoms with Crippen LogP contribution in [0.2, 0.25) is 5.02 Å². The zero-order valence-electron chi connectivity index (χ0n) is 12.4. The summed E-state index contributed by atoms with van der Waals surface area (Å²) in [7, 11) is 0. The highest BCUT2D eigenvalue weighted by atomic mass is 35.5. The van der Waals surface area contributed by atoms with Crippen LogP contribution in [0.3, 0.4) is 0 Å². The van der Waals surface area contributed by atoms with Gasteiger partial charge in [-0.05, 0) is 41.8 Å². The Bertz CT molecular complexity index is 669. The van der Waals surface area contributed by atoms with E-state index in [1.54, 1.807) is 12.1 Å². The molecule has 0 fully saturated rings. The van der Waals surface area contributed by atoms with E-state index in [1.165, 1.54) is 12.1 Å². The van der Waals surface area contributed by atoms with Crippen LogP contribution in [0.1, 0.15) is 21.5 Å². The van der Waals surface area contributed by atoms with Crippen molar-refractivity contribution in [2.45, 2.75) is 13.0 Å². The van der Waals surface area contributed by atoms with Gasteiger partial charge in [-0.3, -0.25) is 0 Å². The maximum Gasteiger partial charge on any atom is 0.335 e. The van der Waals surface area contributed by atoms with Crippen LogP contribution in [0.25, 0.3) is 0 Å². The van der Waals surface area contributed by atoms with Gasteiger partial charge in [0.25, 0.3) is 0 Å². The molecule has 0 aliphatic carbocycles. The summed E-state index contributed by atoms with van der Waals surface area (Å²) in [4.78, 5) is 22.4. The molecule has 23 heavy (non-hydrogen) atoms. The van der Waals surface area contributed by atoms with Crippen LogP contribution in [0, 0.1) is 0 Å². The van der Waals surface area contributed by atoms with E-state index >= 15 is 0 Å². The van der Waals surface area contributed by atoms with Gasteiger partial charge in [-0.15, -0.1) is 0 Å². The van der Waals surface area contributed by atoms with Gasteiger partial charge in [0, 0.05) is 18.1 Å². The molecular formula is C17H17ClN2O3. The number of hydrogen-bond acceptors (Lipinski definition) is 2. The third-order valence-corrected chi connectivity index (χ3v) is 3.52. The predicted molar refractivity (Wildman–Crippen MR) is 88.8 cm³/mol. The second-order valence-electron chi connectivity index (χ2n) is 4.99. The first-order chi connectivity index (χ1) is 11.0. The number of carbonyl (C=O) groups is 2. The van der Waals surface area contributed by atoms with Crippen LogP contribution in [0.4, 0.5) is 4.79 Å². The summed E-state index contributed by atoms with van der Waals surface area (Å²) < 4.78 is 0. The molecule has 0 aromatic heterocycles. The summed E-state index contributed by atoms with van der Waals surface area (Å²) >= 11 is 5.81. The van der Waals surface area contributed by atoms with E-state index in [0.717, 1.165) is 17.5 Å². The molecule has 5 nitrogen and oxygen atoms in total. The molecule has 3 N–H and O–H groups in total. The quantitative estimate of drug-likeness (QED) is 0.760. The highest BCUT2D eigenvalue weighted by Crippen LogP contribution is 2.09. The predicted octanol–water partition coefficient (Wildman–Crippen LogP) is 3.08. The van der Waals surface area contributed by atoms with Crippen molar-refractivity contribution in [2.24, 2.45) is 0 Å². The minimum absolute atomic E-state index is 0.223. The average Bonchev–Trinajstić information content (AvgIpc) is 2.55. The summed E-state index contributed by atoms with van der Waals surface area (Å²) in [6.07, 6.45) is 0.720. The first kappa shape index (κ1) is 16.8. The van der Waals surface area contributed by atoms with Gasteiger partial charge in [-0.2, -0.15) is 0 Å². The standard InChI is InChI=1S/C17H17ClN2O3/c18-15-7-3-12(4-8-15)9-10-19-17(23)20-11-13-1-5-14(6-2-13)16(21)22/h1-8H,9-11H2,(H,21,22)(H2,19,20,23). The van der Waals surface area contributed by atoms with Crippen LogP contribution >= 0.6 is 11.6 Å². The van der Waals surface area contributed by atoms with E-state index in [0.29, 0.717) is 18.1 Å². The molecular weight excluding hydrogens is 316 g/mol. The van der Waals surface area contributed by atoms with E-state index < -0.39 is 5.97 Å². The molecule has 2 aromatic rings. The van der Waals surface area contributed by atoms with Gasteiger partial charge in [-0.25, -0.2) is 9.59 Å². The number of halogens is 1. The highest BCUT2D eigenvalue weighted by Gasteiger charge is 2.03. The third-order valence-electron chi connectivity index (χ3n) is 3.27. The fraction of sp³-hybridized carbons (Fsp3) is 0.176. The molecule has 2 rings (SSSR count). The number of carbonyl (C=O) groups excluding carboxylic acids is 1. The lowest BCUT2D eigenvalue weighted by molar-refractivity contribution is 0.0697. The maximum absolute atomic E-state index is 11.7. The normalized spacial score (nSPS) is 10.1. The SMILES string of the molecule is O=C(NCCc1ccc(Cl)cc1)NCc1ccc(C(=O)O)cc1. The van der Waals surface area contributed by atoms with Crippen LogP contribution in [0.15, 0.2) is 48.5 Å². The molecule has 0 unspecified atom stereocenters. The average molecular weight is 333 g/mol. The van der Waals surface area contributed by atoms with Crippen LogP contribution in [-0.4, -0.2) is 23.7 Å². The van der Waals surface area contributed by atoms with Crippen molar-refractivity contribution in [1.29, 1.82) is 0 Å². The molecule has 0 heterocycles. The van der Waals surface area contributed by atoms with Crippen molar-refractivity contribution >= 4 is 23.6 Å². The highest BCUT2D eigenvalue weighted by molar-refractivity contribution is 6.30. The molecule has 0 bridgehead atoms. The van der Waals surface area contributed by atoms with Crippen LogP contribution < -0.4 is 10.6 Å². The van der Waals surface area contributed by atoms with Crippen molar-refractivity contribution < 1.29 is 14.7 Å².